The lowest BCUT2D eigenvalue weighted by molar-refractivity contribution is -0.117. The van der Waals surface area contributed by atoms with Gasteiger partial charge in [0.05, 0.1) is 12.7 Å². The van der Waals surface area contributed by atoms with Crippen LogP contribution in [-0.2, 0) is 14.3 Å². The highest BCUT2D eigenvalue weighted by Crippen LogP contribution is 2.17. The van der Waals surface area contributed by atoms with Crippen molar-refractivity contribution in [2.45, 2.75) is 13.3 Å². The van der Waals surface area contributed by atoms with Gasteiger partial charge in [-0.05, 0) is 36.3 Å². The van der Waals surface area contributed by atoms with E-state index >= 15 is 0 Å². The third kappa shape index (κ3) is 6.43. The zero-order valence-electron chi connectivity index (χ0n) is 15.3. The first kappa shape index (κ1) is 19.9. The second kappa shape index (κ2) is 9.91. The molecule has 6 nitrogen and oxygen atoms in total. The van der Waals surface area contributed by atoms with Crippen LogP contribution in [0.3, 0.4) is 0 Å². The van der Waals surface area contributed by atoms with Crippen LogP contribution in [0.25, 0.3) is 6.08 Å². The molecule has 27 heavy (non-hydrogen) atoms. The highest BCUT2D eigenvalue weighted by molar-refractivity contribution is 5.96. The zero-order valence-corrected chi connectivity index (χ0v) is 15.3. The highest BCUT2D eigenvalue weighted by Gasteiger charge is 2.10. The molecular formula is C21H22N2O4. The minimum Gasteiger partial charge on any atom is -0.465 e. The first-order valence-electron chi connectivity index (χ1n) is 8.49. The standard InChI is InChI=1S/C21H22N2O4/c1-15-8-10-17(21(26)27-2)14-18(15)23-20(25)12-13-22-19(24)11-9-16-6-4-3-5-7-16/h3-11,14H,12-13H2,1-2H3,(H,22,24)(H,23,25)/b11-9+. The van der Waals surface area contributed by atoms with Crippen molar-refractivity contribution < 1.29 is 19.1 Å². The molecule has 0 saturated heterocycles. The number of hydrogen-bond acceptors (Lipinski definition) is 4. The summed E-state index contributed by atoms with van der Waals surface area (Å²) in [6, 6.07) is 14.4. The smallest absolute Gasteiger partial charge is 0.337 e. The fourth-order valence-electron chi connectivity index (χ4n) is 2.31. The Hall–Kier alpha value is -3.41. The molecule has 0 aromatic heterocycles. The fourth-order valence-corrected chi connectivity index (χ4v) is 2.31. The van der Waals surface area contributed by atoms with Crippen LogP contribution >= 0.6 is 0 Å². The molecule has 0 atom stereocenters. The first-order chi connectivity index (χ1) is 13.0. The number of amides is 2. The molecule has 0 radical (unpaired) electrons. The van der Waals surface area contributed by atoms with Crippen LogP contribution < -0.4 is 10.6 Å². The zero-order chi connectivity index (χ0) is 19.6. The molecule has 2 amide bonds. The number of aryl methyl sites for hydroxylation is 1. The van der Waals surface area contributed by atoms with Crippen molar-refractivity contribution in [3.05, 3.63) is 71.3 Å². The van der Waals surface area contributed by atoms with Gasteiger partial charge in [0.2, 0.25) is 11.8 Å². The molecule has 0 saturated carbocycles. The van der Waals surface area contributed by atoms with Crippen molar-refractivity contribution in [3.63, 3.8) is 0 Å². The second-order valence-electron chi connectivity index (χ2n) is 5.85. The van der Waals surface area contributed by atoms with E-state index in [9.17, 15) is 14.4 Å². The number of benzene rings is 2. The number of ether oxygens (including phenoxy) is 1. The first-order valence-corrected chi connectivity index (χ1v) is 8.49. The Balaban J connectivity index is 1.82. The maximum Gasteiger partial charge on any atom is 0.337 e. The Morgan fingerprint density at radius 3 is 2.52 bits per heavy atom. The summed E-state index contributed by atoms with van der Waals surface area (Å²) < 4.78 is 4.68. The molecule has 0 heterocycles. The van der Waals surface area contributed by atoms with Gasteiger partial charge in [0, 0.05) is 24.7 Å². The predicted octanol–water partition coefficient (Wildman–Crippen LogP) is 2.94. The number of carbonyl (C=O) groups excluding carboxylic acids is 3. The molecular weight excluding hydrogens is 344 g/mol. The molecule has 0 aliphatic heterocycles. The number of rotatable bonds is 7. The van der Waals surface area contributed by atoms with E-state index in [0.29, 0.717) is 11.3 Å². The maximum atomic E-state index is 12.1. The summed E-state index contributed by atoms with van der Waals surface area (Å²) in [7, 11) is 1.30. The second-order valence-corrected chi connectivity index (χ2v) is 5.85. The van der Waals surface area contributed by atoms with Crippen molar-refractivity contribution >= 4 is 29.5 Å². The van der Waals surface area contributed by atoms with Crippen LogP contribution in [0.1, 0.15) is 27.9 Å². The summed E-state index contributed by atoms with van der Waals surface area (Å²) in [6.45, 7) is 2.03. The number of methoxy groups -OCH3 is 1. The Labute approximate surface area is 158 Å². The summed E-state index contributed by atoms with van der Waals surface area (Å²) in [5.41, 5.74) is 2.65. The van der Waals surface area contributed by atoms with Crippen molar-refractivity contribution in [1.82, 2.24) is 5.32 Å². The van der Waals surface area contributed by atoms with E-state index in [-0.39, 0.29) is 24.8 Å². The molecule has 0 aliphatic rings. The Morgan fingerprint density at radius 2 is 1.81 bits per heavy atom. The Morgan fingerprint density at radius 1 is 1.07 bits per heavy atom. The maximum absolute atomic E-state index is 12.1. The van der Waals surface area contributed by atoms with Crippen LogP contribution in [0, 0.1) is 6.92 Å². The van der Waals surface area contributed by atoms with Gasteiger partial charge in [-0.3, -0.25) is 9.59 Å². The number of nitrogens with one attached hydrogen (secondary N) is 2. The van der Waals surface area contributed by atoms with Crippen molar-refractivity contribution in [1.29, 1.82) is 0 Å². The van der Waals surface area contributed by atoms with Gasteiger partial charge in [0.15, 0.2) is 0 Å². The van der Waals surface area contributed by atoms with Crippen molar-refractivity contribution in [2.24, 2.45) is 0 Å². The number of carbonyl (C=O) groups is 3. The van der Waals surface area contributed by atoms with Crippen molar-refractivity contribution in [3.8, 4) is 0 Å². The Bertz CT molecular complexity index is 845. The minimum atomic E-state index is -0.469. The largest absolute Gasteiger partial charge is 0.465 e. The predicted molar refractivity (Wildman–Crippen MR) is 104 cm³/mol. The Kier molecular flexibility index (Phi) is 7.31. The lowest BCUT2D eigenvalue weighted by atomic mass is 10.1. The summed E-state index contributed by atoms with van der Waals surface area (Å²) >= 11 is 0. The van der Waals surface area contributed by atoms with Gasteiger partial charge < -0.3 is 15.4 Å². The molecule has 0 unspecified atom stereocenters. The molecule has 6 heteroatoms. The van der Waals surface area contributed by atoms with Gasteiger partial charge >= 0.3 is 5.97 Å². The van der Waals surface area contributed by atoms with E-state index in [1.165, 1.54) is 13.2 Å². The molecule has 0 aliphatic carbocycles. The topological polar surface area (TPSA) is 84.5 Å². The summed E-state index contributed by atoms with van der Waals surface area (Å²) in [6.07, 6.45) is 3.25. The number of hydrogen-bond donors (Lipinski definition) is 2. The third-order valence-electron chi connectivity index (χ3n) is 3.81. The van der Waals surface area contributed by atoms with E-state index in [4.69, 9.17) is 0 Å². The van der Waals surface area contributed by atoms with Gasteiger partial charge in [-0.1, -0.05) is 36.4 Å². The highest BCUT2D eigenvalue weighted by atomic mass is 16.5. The fraction of sp³-hybridized carbons (Fsp3) is 0.190. The monoisotopic (exact) mass is 366 g/mol. The number of esters is 1. The van der Waals surface area contributed by atoms with Crippen LogP contribution in [0.5, 0.6) is 0 Å². The molecule has 0 bridgehead atoms. The lowest BCUT2D eigenvalue weighted by Gasteiger charge is -2.10. The quantitative estimate of drug-likeness (QED) is 0.583. The summed E-state index contributed by atoms with van der Waals surface area (Å²) in [5.74, 6) is -0.994. The average Bonchev–Trinajstić information content (AvgIpc) is 2.68. The minimum absolute atomic E-state index is 0.118. The molecule has 2 aromatic carbocycles. The molecule has 0 fully saturated rings. The average molecular weight is 366 g/mol. The lowest BCUT2D eigenvalue weighted by Crippen LogP contribution is -2.26. The van der Waals surface area contributed by atoms with E-state index < -0.39 is 5.97 Å². The normalized spacial score (nSPS) is 10.4. The molecule has 2 aromatic rings. The van der Waals surface area contributed by atoms with E-state index in [0.717, 1.165) is 11.1 Å². The number of anilines is 1. The van der Waals surface area contributed by atoms with E-state index in [1.807, 2.05) is 37.3 Å². The van der Waals surface area contributed by atoms with Crippen LogP contribution in [-0.4, -0.2) is 31.4 Å². The van der Waals surface area contributed by atoms with Crippen LogP contribution in [0.4, 0.5) is 5.69 Å². The van der Waals surface area contributed by atoms with E-state index in [1.54, 1.807) is 24.3 Å². The summed E-state index contributed by atoms with van der Waals surface area (Å²) in [5, 5.41) is 5.41. The van der Waals surface area contributed by atoms with E-state index in [2.05, 4.69) is 15.4 Å². The molecule has 0 spiro atoms. The van der Waals surface area contributed by atoms with Gasteiger partial charge in [-0.25, -0.2) is 4.79 Å². The van der Waals surface area contributed by atoms with Gasteiger partial charge in [-0.15, -0.1) is 0 Å². The molecule has 140 valence electrons. The molecule has 2 N–H and O–H groups in total. The van der Waals surface area contributed by atoms with Crippen LogP contribution in [0.2, 0.25) is 0 Å². The third-order valence-corrected chi connectivity index (χ3v) is 3.81. The summed E-state index contributed by atoms with van der Waals surface area (Å²) in [4.78, 5) is 35.4. The van der Waals surface area contributed by atoms with Gasteiger partial charge in [0.25, 0.3) is 0 Å². The van der Waals surface area contributed by atoms with Crippen molar-refractivity contribution in [2.75, 3.05) is 19.0 Å². The van der Waals surface area contributed by atoms with Gasteiger partial charge in [-0.2, -0.15) is 0 Å². The SMILES string of the molecule is COC(=O)c1ccc(C)c(NC(=O)CCNC(=O)/C=C/c2ccccc2)c1. The van der Waals surface area contributed by atoms with Crippen LogP contribution in [0.15, 0.2) is 54.6 Å². The van der Waals surface area contributed by atoms with Gasteiger partial charge in [0.1, 0.15) is 0 Å². The molecule has 2 rings (SSSR count).